The van der Waals surface area contributed by atoms with Gasteiger partial charge in [0.1, 0.15) is 6.04 Å². The summed E-state index contributed by atoms with van der Waals surface area (Å²) in [6.45, 7) is 1.61. The van der Waals surface area contributed by atoms with E-state index in [2.05, 4.69) is 10.3 Å². The average Bonchev–Trinajstić information content (AvgIpc) is 2.67. The number of rotatable bonds is 2. The summed E-state index contributed by atoms with van der Waals surface area (Å²) in [6.07, 6.45) is 0. The van der Waals surface area contributed by atoms with Crippen LogP contribution in [0, 0.1) is 16.2 Å². The lowest BCUT2D eigenvalue weighted by Crippen LogP contribution is -2.31. The van der Waals surface area contributed by atoms with E-state index in [0.29, 0.717) is 11.1 Å². The Morgan fingerprint density at radius 3 is 3.12 bits per heavy atom. The summed E-state index contributed by atoms with van der Waals surface area (Å²) in [5, 5.41) is 11.1. The highest BCUT2D eigenvalue weighted by Gasteiger charge is 2.10. The van der Waals surface area contributed by atoms with Crippen molar-refractivity contribution < 1.29 is 9.21 Å². The van der Waals surface area contributed by atoms with Crippen LogP contribution in [0.1, 0.15) is 17.3 Å². The van der Waals surface area contributed by atoms with Crippen molar-refractivity contribution in [1.29, 1.82) is 5.26 Å². The molecule has 0 aliphatic heterocycles. The van der Waals surface area contributed by atoms with E-state index in [1.165, 1.54) is 0 Å². The van der Waals surface area contributed by atoms with E-state index >= 15 is 0 Å². The molecule has 0 saturated heterocycles. The number of fused-ring (bicyclic) bond motifs is 1. The maximum Gasteiger partial charge on any atom is 0.266 e. The molecule has 5 nitrogen and oxygen atoms in total. The van der Waals surface area contributed by atoms with Crippen molar-refractivity contribution in [3.8, 4) is 6.07 Å². The van der Waals surface area contributed by atoms with E-state index < -0.39 is 6.04 Å². The second-order valence-electron chi connectivity index (χ2n) is 3.55. The molecular formula is C11H9N3O2S. The number of H-pyrrole nitrogens is 1. The van der Waals surface area contributed by atoms with Gasteiger partial charge in [0.05, 0.1) is 11.6 Å². The number of amides is 1. The Labute approximate surface area is 102 Å². The molecule has 1 aromatic heterocycles. The lowest BCUT2D eigenvalue weighted by atomic mass is 10.2. The summed E-state index contributed by atoms with van der Waals surface area (Å²) in [5.41, 5.74) is 1.68. The van der Waals surface area contributed by atoms with Crippen molar-refractivity contribution in [3.05, 3.63) is 28.6 Å². The number of carbonyl (C=O) groups excluding carboxylic acids is 1. The van der Waals surface area contributed by atoms with Crippen molar-refractivity contribution >= 4 is 29.2 Å². The van der Waals surface area contributed by atoms with E-state index in [1.54, 1.807) is 25.1 Å². The van der Waals surface area contributed by atoms with E-state index in [0.717, 1.165) is 5.52 Å². The minimum Gasteiger partial charge on any atom is -0.429 e. The van der Waals surface area contributed by atoms with Crippen LogP contribution in [-0.2, 0) is 0 Å². The molecule has 0 radical (unpaired) electrons. The van der Waals surface area contributed by atoms with Crippen molar-refractivity contribution in [1.82, 2.24) is 10.3 Å². The molecule has 86 valence electrons. The van der Waals surface area contributed by atoms with Gasteiger partial charge < -0.3 is 14.7 Å². The Bertz CT molecular complexity index is 665. The van der Waals surface area contributed by atoms with Gasteiger partial charge in [-0.1, -0.05) is 0 Å². The molecule has 2 aromatic rings. The zero-order chi connectivity index (χ0) is 12.4. The first-order chi connectivity index (χ1) is 8.10. The number of carbonyl (C=O) groups is 1. The van der Waals surface area contributed by atoms with Gasteiger partial charge in [-0.15, -0.1) is 0 Å². The molecule has 0 aliphatic carbocycles. The van der Waals surface area contributed by atoms with Gasteiger partial charge in [0.15, 0.2) is 5.58 Å². The summed E-state index contributed by atoms with van der Waals surface area (Å²) in [4.78, 5) is 14.8. The quantitative estimate of drug-likeness (QED) is 0.796. The van der Waals surface area contributed by atoms with Crippen LogP contribution in [0.15, 0.2) is 22.6 Å². The second-order valence-corrected chi connectivity index (χ2v) is 3.92. The van der Waals surface area contributed by atoms with E-state index in [9.17, 15) is 4.79 Å². The van der Waals surface area contributed by atoms with Crippen LogP contribution in [0.2, 0.25) is 0 Å². The SMILES string of the molecule is C[C@@H](C#N)NC(=O)c1ccc2[nH]c(=S)oc2c1. The van der Waals surface area contributed by atoms with Gasteiger partial charge in [-0.25, -0.2) is 0 Å². The fourth-order valence-corrected chi connectivity index (χ4v) is 1.60. The van der Waals surface area contributed by atoms with E-state index in [-0.39, 0.29) is 10.7 Å². The standard InChI is InChI=1S/C11H9N3O2S/c1-6(5-12)13-10(15)7-2-3-8-9(4-7)16-11(17)14-8/h2-4,6H,1H3,(H,13,15)(H,14,17)/t6-/m0/s1. The first kappa shape index (κ1) is 11.4. The summed E-state index contributed by atoms with van der Waals surface area (Å²) in [7, 11) is 0. The molecule has 1 heterocycles. The number of nitriles is 1. The van der Waals surface area contributed by atoms with Crippen LogP contribution < -0.4 is 5.32 Å². The average molecular weight is 247 g/mol. The van der Waals surface area contributed by atoms with Crippen molar-refractivity contribution in [2.24, 2.45) is 0 Å². The summed E-state index contributed by atoms with van der Waals surface area (Å²) in [6, 6.07) is 6.33. The lowest BCUT2D eigenvalue weighted by Gasteiger charge is -2.05. The van der Waals surface area contributed by atoms with Gasteiger partial charge in [-0.2, -0.15) is 5.26 Å². The molecule has 0 unspecified atom stereocenters. The Morgan fingerprint density at radius 1 is 1.65 bits per heavy atom. The molecule has 1 atom stereocenters. The highest BCUT2D eigenvalue weighted by Crippen LogP contribution is 2.15. The maximum atomic E-state index is 11.7. The molecule has 0 bridgehead atoms. The molecular weight excluding hydrogens is 238 g/mol. The third-order valence-corrected chi connectivity index (χ3v) is 2.41. The van der Waals surface area contributed by atoms with Gasteiger partial charge in [0.2, 0.25) is 0 Å². The largest absolute Gasteiger partial charge is 0.429 e. The number of benzene rings is 1. The number of hydrogen-bond acceptors (Lipinski definition) is 4. The summed E-state index contributed by atoms with van der Waals surface area (Å²) < 4.78 is 5.20. The van der Waals surface area contributed by atoms with Crippen LogP contribution in [-0.4, -0.2) is 16.9 Å². The highest BCUT2D eigenvalue weighted by molar-refractivity contribution is 7.71. The Morgan fingerprint density at radius 2 is 2.41 bits per heavy atom. The minimum absolute atomic E-state index is 0.267. The second kappa shape index (κ2) is 4.39. The smallest absolute Gasteiger partial charge is 0.266 e. The maximum absolute atomic E-state index is 11.7. The predicted octanol–water partition coefficient (Wildman–Crippen LogP) is 2.13. The number of hydrogen-bond donors (Lipinski definition) is 2. The molecule has 0 fully saturated rings. The fraction of sp³-hybridized carbons (Fsp3) is 0.182. The zero-order valence-corrected chi connectivity index (χ0v) is 9.80. The van der Waals surface area contributed by atoms with Crippen LogP contribution >= 0.6 is 12.2 Å². The van der Waals surface area contributed by atoms with Gasteiger partial charge in [-0.05, 0) is 37.3 Å². The van der Waals surface area contributed by atoms with Crippen LogP contribution in [0.5, 0.6) is 0 Å². The first-order valence-electron chi connectivity index (χ1n) is 4.93. The molecule has 1 aromatic carbocycles. The molecule has 2 N–H and O–H groups in total. The van der Waals surface area contributed by atoms with E-state index in [1.807, 2.05) is 6.07 Å². The van der Waals surface area contributed by atoms with Crippen LogP contribution in [0.3, 0.4) is 0 Å². The van der Waals surface area contributed by atoms with Crippen LogP contribution in [0.4, 0.5) is 0 Å². The number of oxazole rings is 1. The highest BCUT2D eigenvalue weighted by atomic mass is 32.1. The Balaban J connectivity index is 2.33. The molecule has 0 saturated carbocycles. The van der Waals surface area contributed by atoms with Gasteiger partial charge >= 0.3 is 0 Å². The van der Waals surface area contributed by atoms with Crippen molar-refractivity contribution in [3.63, 3.8) is 0 Å². The number of aromatic nitrogens is 1. The molecule has 0 aliphatic rings. The molecule has 6 heteroatoms. The number of nitrogens with one attached hydrogen (secondary N) is 2. The minimum atomic E-state index is -0.532. The Hall–Kier alpha value is -2.13. The summed E-state index contributed by atoms with van der Waals surface area (Å²) in [5.74, 6) is -0.316. The molecule has 1 amide bonds. The molecule has 17 heavy (non-hydrogen) atoms. The van der Waals surface area contributed by atoms with Crippen LogP contribution in [0.25, 0.3) is 11.1 Å². The van der Waals surface area contributed by atoms with Gasteiger partial charge in [0, 0.05) is 5.56 Å². The molecule has 0 spiro atoms. The molecule has 2 rings (SSSR count). The van der Waals surface area contributed by atoms with Crippen molar-refractivity contribution in [2.75, 3.05) is 0 Å². The monoisotopic (exact) mass is 247 g/mol. The number of nitrogens with zero attached hydrogens (tertiary/aromatic N) is 1. The lowest BCUT2D eigenvalue weighted by molar-refractivity contribution is 0.0948. The predicted molar refractivity (Wildman–Crippen MR) is 63.9 cm³/mol. The zero-order valence-electron chi connectivity index (χ0n) is 8.98. The fourth-order valence-electron chi connectivity index (χ4n) is 1.40. The van der Waals surface area contributed by atoms with Crippen molar-refractivity contribution in [2.45, 2.75) is 13.0 Å². The Kier molecular flexibility index (Phi) is 2.93. The number of aromatic amines is 1. The van der Waals surface area contributed by atoms with Gasteiger partial charge in [-0.3, -0.25) is 4.79 Å². The first-order valence-corrected chi connectivity index (χ1v) is 5.34. The summed E-state index contributed by atoms with van der Waals surface area (Å²) >= 11 is 4.84. The third-order valence-electron chi connectivity index (χ3n) is 2.22. The normalized spacial score (nSPS) is 12.0. The van der Waals surface area contributed by atoms with Gasteiger partial charge in [0.25, 0.3) is 10.7 Å². The third kappa shape index (κ3) is 2.34. The topological polar surface area (TPSA) is 81.8 Å². The van der Waals surface area contributed by atoms with E-state index in [4.69, 9.17) is 21.9 Å².